The van der Waals surface area contributed by atoms with E-state index in [0.717, 1.165) is 37.6 Å². The Hall–Kier alpha value is -1.38. The molecule has 140 valence electrons. The Morgan fingerprint density at radius 3 is 2.65 bits per heavy atom. The lowest BCUT2D eigenvalue weighted by Crippen LogP contribution is -2.46. The molecule has 26 heavy (non-hydrogen) atoms. The molecule has 2 heterocycles. The molecule has 9 heteroatoms. The van der Waals surface area contributed by atoms with E-state index in [-0.39, 0.29) is 18.3 Å². The standard InChI is InChI=1S/C17H20ClN5OS.ClH/c18-13-3-1-2-4-15(13)25-16-6-5-14(21-22-16)17(24)20-9-12-23-10-7-19-8-11-23;/h1-6,19H,7-12H2,(H,20,24);1H. The number of nitrogens with zero attached hydrogens (tertiary/aromatic N) is 3. The molecule has 1 saturated heterocycles. The number of rotatable bonds is 6. The first kappa shape index (κ1) is 20.9. The largest absolute Gasteiger partial charge is 0.349 e. The molecule has 0 aliphatic carbocycles. The van der Waals surface area contributed by atoms with E-state index in [1.807, 2.05) is 24.3 Å². The van der Waals surface area contributed by atoms with Crippen molar-refractivity contribution in [2.75, 3.05) is 39.3 Å². The second-order valence-electron chi connectivity index (χ2n) is 5.64. The Morgan fingerprint density at radius 1 is 1.19 bits per heavy atom. The van der Waals surface area contributed by atoms with Gasteiger partial charge in [-0.15, -0.1) is 22.6 Å². The lowest BCUT2D eigenvalue weighted by Gasteiger charge is -2.26. The van der Waals surface area contributed by atoms with Crippen LogP contribution in [0.3, 0.4) is 0 Å². The van der Waals surface area contributed by atoms with Gasteiger partial charge in [-0.05, 0) is 24.3 Å². The summed E-state index contributed by atoms with van der Waals surface area (Å²) in [6.45, 7) is 5.50. The topological polar surface area (TPSA) is 70.2 Å². The van der Waals surface area contributed by atoms with Crippen LogP contribution < -0.4 is 10.6 Å². The number of hydrogen-bond donors (Lipinski definition) is 2. The highest BCUT2D eigenvalue weighted by Gasteiger charge is 2.12. The minimum atomic E-state index is -0.197. The highest BCUT2D eigenvalue weighted by molar-refractivity contribution is 7.99. The molecule has 1 aliphatic rings. The van der Waals surface area contributed by atoms with E-state index in [9.17, 15) is 4.79 Å². The fraction of sp³-hybridized carbons (Fsp3) is 0.353. The van der Waals surface area contributed by atoms with Gasteiger partial charge in [-0.25, -0.2) is 0 Å². The van der Waals surface area contributed by atoms with Crippen molar-refractivity contribution in [3.05, 3.63) is 47.1 Å². The molecule has 0 unspecified atom stereocenters. The van der Waals surface area contributed by atoms with E-state index < -0.39 is 0 Å². The fourth-order valence-corrected chi connectivity index (χ4v) is 3.50. The monoisotopic (exact) mass is 413 g/mol. The van der Waals surface area contributed by atoms with Crippen LogP contribution >= 0.6 is 35.8 Å². The second-order valence-corrected chi connectivity index (χ2v) is 7.11. The molecule has 0 bridgehead atoms. The van der Waals surface area contributed by atoms with Gasteiger partial charge in [0.2, 0.25) is 0 Å². The van der Waals surface area contributed by atoms with Crippen molar-refractivity contribution in [3.8, 4) is 0 Å². The van der Waals surface area contributed by atoms with Gasteiger partial charge in [-0.2, -0.15) is 0 Å². The van der Waals surface area contributed by atoms with Crippen LogP contribution in [0.25, 0.3) is 0 Å². The van der Waals surface area contributed by atoms with Crippen LogP contribution in [0.5, 0.6) is 0 Å². The van der Waals surface area contributed by atoms with Crippen LogP contribution in [0.15, 0.2) is 46.3 Å². The second kappa shape index (κ2) is 10.7. The summed E-state index contributed by atoms with van der Waals surface area (Å²) in [4.78, 5) is 15.4. The zero-order valence-electron chi connectivity index (χ0n) is 14.2. The summed E-state index contributed by atoms with van der Waals surface area (Å²) in [6.07, 6.45) is 0. The van der Waals surface area contributed by atoms with Crippen molar-refractivity contribution < 1.29 is 4.79 Å². The Balaban J connectivity index is 0.00000243. The summed E-state index contributed by atoms with van der Waals surface area (Å²) < 4.78 is 0. The number of hydrogen-bond acceptors (Lipinski definition) is 6. The van der Waals surface area contributed by atoms with Gasteiger partial charge in [0, 0.05) is 44.2 Å². The van der Waals surface area contributed by atoms with Crippen molar-refractivity contribution in [3.63, 3.8) is 0 Å². The Kier molecular flexibility index (Phi) is 8.61. The van der Waals surface area contributed by atoms with Crippen LogP contribution in [0.2, 0.25) is 5.02 Å². The first-order chi connectivity index (χ1) is 12.2. The number of benzene rings is 1. The number of halogens is 2. The predicted octanol–water partition coefficient (Wildman–Crippen LogP) is 2.34. The Bertz CT molecular complexity index is 711. The van der Waals surface area contributed by atoms with Crippen molar-refractivity contribution in [2.45, 2.75) is 9.92 Å². The molecule has 1 aromatic carbocycles. The highest BCUT2D eigenvalue weighted by atomic mass is 35.5. The average molecular weight is 414 g/mol. The number of nitrogens with one attached hydrogen (secondary N) is 2. The van der Waals surface area contributed by atoms with E-state index in [2.05, 4.69) is 25.7 Å². The molecule has 0 spiro atoms. The van der Waals surface area contributed by atoms with Crippen LogP contribution in [-0.2, 0) is 0 Å². The van der Waals surface area contributed by atoms with Gasteiger partial charge in [-0.3, -0.25) is 9.69 Å². The highest BCUT2D eigenvalue weighted by Crippen LogP contribution is 2.31. The Morgan fingerprint density at radius 2 is 1.96 bits per heavy atom. The van der Waals surface area contributed by atoms with Gasteiger partial charge < -0.3 is 10.6 Å². The van der Waals surface area contributed by atoms with E-state index in [0.29, 0.717) is 22.3 Å². The smallest absolute Gasteiger partial charge is 0.271 e. The molecule has 2 N–H and O–H groups in total. The molecule has 1 fully saturated rings. The zero-order valence-corrected chi connectivity index (χ0v) is 16.5. The van der Waals surface area contributed by atoms with Crippen molar-refractivity contribution >= 4 is 41.7 Å². The van der Waals surface area contributed by atoms with E-state index in [1.165, 1.54) is 11.8 Å². The summed E-state index contributed by atoms with van der Waals surface area (Å²) >= 11 is 7.56. The number of piperazine rings is 1. The molecule has 0 saturated carbocycles. The molecule has 2 aromatic rings. The molecule has 1 amide bonds. The maximum absolute atomic E-state index is 12.1. The van der Waals surface area contributed by atoms with Crippen molar-refractivity contribution in [2.24, 2.45) is 0 Å². The summed E-state index contributed by atoms with van der Waals surface area (Å²) in [5.41, 5.74) is 0.323. The SMILES string of the molecule is Cl.O=C(NCCN1CCNCC1)c1ccc(Sc2ccccc2Cl)nn1. The number of aromatic nitrogens is 2. The van der Waals surface area contributed by atoms with Crippen LogP contribution in [0.4, 0.5) is 0 Å². The first-order valence-corrected chi connectivity index (χ1v) is 9.39. The van der Waals surface area contributed by atoms with Gasteiger partial charge in [0.25, 0.3) is 5.91 Å². The summed E-state index contributed by atoms with van der Waals surface area (Å²) in [6, 6.07) is 11.0. The molecular weight excluding hydrogens is 393 g/mol. The summed E-state index contributed by atoms with van der Waals surface area (Å²) in [5, 5.41) is 15.7. The fourth-order valence-electron chi connectivity index (χ4n) is 2.49. The molecule has 6 nitrogen and oxygen atoms in total. The summed E-state index contributed by atoms with van der Waals surface area (Å²) in [7, 11) is 0. The van der Waals surface area contributed by atoms with Gasteiger partial charge >= 0.3 is 0 Å². The number of amides is 1. The molecule has 3 rings (SSSR count). The van der Waals surface area contributed by atoms with E-state index in [4.69, 9.17) is 11.6 Å². The third-order valence-electron chi connectivity index (χ3n) is 3.85. The van der Waals surface area contributed by atoms with Crippen molar-refractivity contribution in [1.82, 2.24) is 25.7 Å². The van der Waals surface area contributed by atoms with Gasteiger partial charge in [0.1, 0.15) is 5.03 Å². The number of carbonyl (C=O) groups is 1. The molecular formula is C17H21Cl2N5OS. The molecule has 0 radical (unpaired) electrons. The molecule has 0 atom stereocenters. The lowest BCUT2D eigenvalue weighted by atomic mass is 10.3. The van der Waals surface area contributed by atoms with Crippen LogP contribution in [0.1, 0.15) is 10.5 Å². The van der Waals surface area contributed by atoms with E-state index in [1.54, 1.807) is 12.1 Å². The molecule has 1 aliphatic heterocycles. The zero-order chi connectivity index (χ0) is 17.5. The quantitative estimate of drug-likeness (QED) is 0.756. The van der Waals surface area contributed by atoms with Crippen LogP contribution in [0, 0.1) is 0 Å². The van der Waals surface area contributed by atoms with Crippen LogP contribution in [-0.4, -0.2) is 60.3 Å². The van der Waals surface area contributed by atoms with Gasteiger partial charge in [-0.1, -0.05) is 35.5 Å². The predicted molar refractivity (Wildman–Crippen MR) is 106 cm³/mol. The van der Waals surface area contributed by atoms with Gasteiger partial charge in [0.15, 0.2) is 5.69 Å². The average Bonchev–Trinajstić information content (AvgIpc) is 2.65. The maximum Gasteiger partial charge on any atom is 0.271 e. The third kappa shape index (κ3) is 6.10. The maximum atomic E-state index is 12.1. The van der Waals surface area contributed by atoms with Gasteiger partial charge in [0.05, 0.1) is 5.02 Å². The lowest BCUT2D eigenvalue weighted by molar-refractivity contribution is 0.0941. The number of carbonyl (C=O) groups excluding carboxylic acids is 1. The Labute approximate surface area is 168 Å². The molecule has 1 aromatic heterocycles. The third-order valence-corrected chi connectivity index (χ3v) is 5.29. The first-order valence-electron chi connectivity index (χ1n) is 8.20. The van der Waals surface area contributed by atoms with Crippen molar-refractivity contribution in [1.29, 1.82) is 0 Å². The summed E-state index contributed by atoms with van der Waals surface area (Å²) in [5.74, 6) is -0.197. The normalized spacial score (nSPS) is 14.5. The minimum absolute atomic E-state index is 0. The minimum Gasteiger partial charge on any atom is -0.349 e. The van der Waals surface area contributed by atoms with E-state index >= 15 is 0 Å².